The third-order valence-electron chi connectivity index (χ3n) is 3.68. The van der Waals surface area contributed by atoms with Crippen molar-refractivity contribution in [2.24, 2.45) is 5.73 Å². The Morgan fingerprint density at radius 2 is 2.05 bits per heavy atom. The quantitative estimate of drug-likeness (QED) is 0.845. The van der Waals surface area contributed by atoms with Crippen LogP contribution in [-0.2, 0) is 4.74 Å². The van der Waals surface area contributed by atoms with Crippen LogP contribution in [0.5, 0.6) is 5.75 Å². The predicted molar refractivity (Wildman–Crippen MR) is 76.7 cm³/mol. The van der Waals surface area contributed by atoms with Crippen LogP contribution in [0.25, 0.3) is 0 Å². The molecule has 1 aliphatic rings. The van der Waals surface area contributed by atoms with E-state index in [-0.39, 0.29) is 0 Å². The lowest BCUT2D eigenvalue weighted by Gasteiger charge is -2.31. The number of rotatable bonds is 6. The maximum atomic E-state index is 5.78. The van der Waals surface area contributed by atoms with Crippen molar-refractivity contribution in [3.05, 3.63) is 29.8 Å². The van der Waals surface area contributed by atoms with Gasteiger partial charge in [0.25, 0.3) is 0 Å². The summed E-state index contributed by atoms with van der Waals surface area (Å²) >= 11 is 0. The molecule has 0 aromatic heterocycles. The fourth-order valence-corrected chi connectivity index (χ4v) is 2.65. The molecule has 2 rings (SSSR count). The number of hydrogen-bond donors (Lipinski definition) is 1. The van der Waals surface area contributed by atoms with Crippen LogP contribution in [0.15, 0.2) is 24.3 Å². The second kappa shape index (κ2) is 7.48. The molecule has 1 atom stereocenters. The van der Waals surface area contributed by atoms with E-state index >= 15 is 0 Å². The zero-order valence-corrected chi connectivity index (χ0v) is 11.7. The summed E-state index contributed by atoms with van der Waals surface area (Å²) in [6.07, 6.45) is 0.984. The van der Waals surface area contributed by atoms with Crippen molar-refractivity contribution >= 4 is 0 Å². The average Bonchev–Trinajstić information content (AvgIpc) is 2.48. The highest BCUT2D eigenvalue weighted by atomic mass is 16.5. The lowest BCUT2D eigenvalue weighted by molar-refractivity contribution is 0.0346. The molecule has 0 amide bonds. The lowest BCUT2D eigenvalue weighted by atomic mass is 9.94. The molecular formula is C15H24N2O2. The van der Waals surface area contributed by atoms with E-state index in [2.05, 4.69) is 17.0 Å². The van der Waals surface area contributed by atoms with Crippen LogP contribution in [-0.4, -0.2) is 51.4 Å². The molecule has 19 heavy (non-hydrogen) atoms. The van der Waals surface area contributed by atoms with Crippen molar-refractivity contribution in [3.8, 4) is 5.75 Å². The molecule has 4 nitrogen and oxygen atoms in total. The highest BCUT2D eigenvalue weighted by molar-refractivity contribution is 5.36. The summed E-state index contributed by atoms with van der Waals surface area (Å²) < 4.78 is 10.9. The maximum absolute atomic E-state index is 5.78. The van der Waals surface area contributed by atoms with Gasteiger partial charge in [0.05, 0.1) is 20.3 Å². The minimum atomic E-state index is 0.430. The molecule has 106 valence electrons. The topological polar surface area (TPSA) is 47.7 Å². The highest BCUT2D eigenvalue weighted by Crippen LogP contribution is 2.29. The first-order chi connectivity index (χ1) is 9.35. The number of nitrogens with two attached hydrogens (primary N) is 1. The van der Waals surface area contributed by atoms with Gasteiger partial charge < -0.3 is 15.2 Å². The Morgan fingerprint density at radius 1 is 1.32 bits per heavy atom. The Kier molecular flexibility index (Phi) is 5.63. The summed E-state index contributed by atoms with van der Waals surface area (Å²) in [6, 6.07) is 8.26. The Balaban J connectivity index is 2.09. The SMILES string of the molecule is COc1ccccc1C(CCN)CN1CCOCC1. The molecule has 1 unspecified atom stereocenters. The van der Waals surface area contributed by atoms with E-state index in [9.17, 15) is 0 Å². The largest absolute Gasteiger partial charge is 0.496 e. The molecule has 1 heterocycles. The number of nitrogens with zero attached hydrogens (tertiary/aromatic N) is 1. The fourth-order valence-electron chi connectivity index (χ4n) is 2.65. The number of ether oxygens (including phenoxy) is 2. The van der Waals surface area contributed by atoms with Crippen LogP contribution in [0.1, 0.15) is 17.9 Å². The number of benzene rings is 1. The van der Waals surface area contributed by atoms with Crippen LogP contribution < -0.4 is 10.5 Å². The number of hydrogen-bond acceptors (Lipinski definition) is 4. The second-order valence-electron chi connectivity index (χ2n) is 4.93. The molecule has 1 aromatic rings. The van der Waals surface area contributed by atoms with Gasteiger partial charge in [0.1, 0.15) is 5.75 Å². The van der Waals surface area contributed by atoms with Gasteiger partial charge in [-0.05, 0) is 24.6 Å². The summed E-state index contributed by atoms with van der Waals surface area (Å²) in [5.41, 5.74) is 7.05. The summed E-state index contributed by atoms with van der Waals surface area (Å²) in [5, 5.41) is 0. The van der Waals surface area contributed by atoms with Gasteiger partial charge in [0, 0.05) is 25.6 Å². The second-order valence-corrected chi connectivity index (χ2v) is 4.93. The van der Waals surface area contributed by atoms with Crippen LogP contribution in [0, 0.1) is 0 Å². The molecule has 1 aliphatic heterocycles. The van der Waals surface area contributed by atoms with Crippen molar-refractivity contribution in [2.75, 3.05) is 46.5 Å². The van der Waals surface area contributed by atoms with Gasteiger partial charge in [-0.15, -0.1) is 0 Å². The minimum Gasteiger partial charge on any atom is -0.496 e. The van der Waals surface area contributed by atoms with E-state index < -0.39 is 0 Å². The van der Waals surface area contributed by atoms with Crippen molar-refractivity contribution in [1.82, 2.24) is 4.90 Å². The van der Waals surface area contributed by atoms with E-state index in [1.165, 1.54) is 5.56 Å². The smallest absolute Gasteiger partial charge is 0.122 e. The van der Waals surface area contributed by atoms with E-state index in [0.717, 1.165) is 45.0 Å². The molecular weight excluding hydrogens is 240 g/mol. The highest BCUT2D eigenvalue weighted by Gasteiger charge is 2.20. The first-order valence-electron chi connectivity index (χ1n) is 6.98. The van der Waals surface area contributed by atoms with Crippen LogP contribution in [0.2, 0.25) is 0 Å². The van der Waals surface area contributed by atoms with Gasteiger partial charge in [-0.3, -0.25) is 4.90 Å². The number of para-hydroxylation sites is 1. The molecule has 2 N–H and O–H groups in total. The molecule has 0 radical (unpaired) electrons. The first kappa shape index (κ1) is 14.3. The molecule has 1 fully saturated rings. The van der Waals surface area contributed by atoms with Gasteiger partial charge in [-0.25, -0.2) is 0 Å². The summed E-state index contributed by atoms with van der Waals surface area (Å²) in [6.45, 7) is 5.42. The third kappa shape index (κ3) is 3.93. The van der Waals surface area contributed by atoms with Gasteiger partial charge in [-0.1, -0.05) is 18.2 Å². The molecule has 0 spiro atoms. The Labute approximate surface area is 115 Å². The minimum absolute atomic E-state index is 0.430. The molecule has 1 aromatic carbocycles. The van der Waals surface area contributed by atoms with Gasteiger partial charge in [0.15, 0.2) is 0 Å². The van der Waals surface area contributed by atoms with E-state index in [0.29, 0.717) is 12.5 Å². The zero-order valence-electron chi connectivity index (χ0n) is 11.7. The van der Waals surface area contributed by atoms with E-state index in [1.54, 1.807) is 7.11 Å². The molecule has 0 saturated carbocycles. The first-order valence-corrected chi connectivity index (χ1v) is 6.98. The van der Waals surface area contributed by atoms with E-state index in [4.69, 9.17) is 15.2 Å². The Morgan fingerprint density at radius 3 is 2.74 bits per heavy atom. The molecule has 0 aliphatic carbocycles. The summed E-state index contributed by atoms with van der Waals surface area (Å²) in [7, 11) is 1.73. The lowest BCUT2D eigenvalue weighted by Crippen LogP contribution is -2.39. The standard InChI is InChI=1S/C15H24N2O2/c1-18-15-5-3-2-4-14(15)13(6-7-16)12-17-8-10-19-11-9-17/h2-5,13H,6-12,16H2,1H3. The normalized spacial score (nSPS) is 18.2. The average molecular weight is 264 g/mol. The van der Waals surface area contributed by atoms with E-state index in [1.807, 2.05) is 12.1 Å². The predicted octanol–water partition coefficient (Wildman–Crippen LogP) is 1.46. The van der Waals surface area contributed by atoms with Crippen molar-refractivity contribution in [1.29, 1.82) is 0 Å². The Bertz CT molecular complexity index is 378. The molecule has 0 bridgehead atoms. The number of methoxy groups -OCH3 is 1. The monoisotopic (exact) mass is 264 g/mol. The van der Waals surface area contributed by atoms with Crippen molar-refractivity contribution in [2.45, 2.75) is 12.3 Å². The Hall–Kier alpha value is -1.10. The third-order valence-corrected chi connectivity index (χ3v) is 3.68. The molecule has 1 saturated heterocycles. The molecule has 4 heteroatoms. The fraction of sp³-hybridized carbons (Fsp3) is 0.600. The zero-order chi connectivity index (χ0) is 13.5. The van der Waals surface area contributed by atoms with Crippen molar-refractivity contribution < 1.29 is 9.47 Å². The van der Waals surface area contributed by atoms with Crippen LogP contribution >= 0.6 is 0 Å². The maximum Gasteiger partial charge on any atom is 0.122 e. The van der Waals surface area contributed by atoms with Crippen molar-refractivity contribution in [3.63, 3.8) is 0 Å². The van der Waals surface area contributed by atoms with Crippen LogP contribution in [0.3, 0.4) is 0 Å². The van der Waals surface area contributed by atoms with Gasteiger partial charge in [-0.2, -0.15) is 0 Å². The van der Waals surface area contributed by atoms with Gasteiger partial charge >= 0.3 is 0 Å². The number of morpholine rings is 1. The summed E-state index contributed by atoms with van der Waals surface area (Å²) in [5.74, 6) is 1.40. The van der Waals surface area contributed by atoms with Crippen LogP contribution in [0.4, 0.5) is 0 Å². The summed E-state index contributed by atoms with van der Waals surface area (Å²) in [4.78, 5) is 2.45. The van der Waals surface area contributed by atoms with Gasteiger partial charge in [0.2, 0.25) is 0 Å².